The van der Waals surface area contributed by atoms with Gasteiger partial charge in [-0.2, -0.15) is 0 Å². The lowest BCUT2D eigenvalue weighted by Crippen LogP contribution is -2.16. The number of thiazole rings is 1. The topological polar surface area (TPSA) is 66.3 Å². The Bertz CT molecular complexity index is 573. The highest BCUT2D eigenvalue weighted by Gasteiger charge is 2.10. The first-order valence-electron chi connectivity index (χ1n) is 5.06. The van der Waals surface area contributed by atoms with Gasteiger partial charge < -0.3 is 10.0 Å². The third-order valence-corrected chi connectivity index (χ3v) is 3.44. The number of carbonyl (C=O) groups is 1. The number of pyridine rings is 1. The maximum atomic E-state index is 10.7. The molecule has 2 aromatic heterocycles. The second-order valence-corrected chi connectivity index (χ2v) is 5.19. The first kappa shape index (κ1) is 12.8. The van der Waals surface area contributed by atoms with Gasteiger partial charge in [-0.1, -0.05) is 11.6 Å². The summed E-state index contributed by atoms with van der Waals surface area (Å²) in [7, 11) is 1.87. The minimum Gasteiger partial charge on any atom is -0.477 e. The summed E-state index contributed by atoms with van der Waals surface area (Å²) < 4.78 is 0. The van der Waals surface area contributed by atoms with E-state index in [0.29, 0.717) is 11.6 Å². The van der Waals surface area contributed by atoms with Crippen molar-refractivity contribution in [2.45, 2.75) is 6.54 Å². The van der Waals surface area contributed by atoms with E-state index >= 15 is 0 Å². The van der Waals surface area contributed by atoms with Crippen molar-refractivity contribution in [3.8, 4) is 0 Å². The van der Waals surface area contributed by atoms with Gasteiger partial charge in [-0.25, -0.2) is 9.78 Å². The molecule has 18 heavy (non-hydrogen) atoms. The molecular formula is C11H10ClN3O2S. The van der Waals surface area contributed by atoms with Crippen LogP contribution in [-0.4, -0.2) is 28.1 Å². The minimum atomic E-state index is -0.953. The summed E-state index contributed by atoms with van der Waals surface area (Å²) in [4.78, 5) is 21.0. The molecule has 0 spiro atoms. The summed E-state index contributed by atoms with van der Waals surface area (Å²) in [6, 6.07) is 1.79. The second-order valence-electron chi connectivity index (χ2n) is 3.64. The number of anilines is 1. The molecule has 2 heterocycles. The van der Waals surface area contributed by atoms with Crippen LogP contribution in [-0.2, 0) is 6.54 Å². The van der Waals surface area contributed by atoms with Crippen molar-refractivity contribution in [3.63, 3.8) is 0 Å². The minimum absolute atomic E-state index is 0.239. The Labute approximate surface area is 113 Å². The summed E-state index contributed by atoms with van der Waals surface area (Å²) in [5, 5.41) is 10.1. The van der Waals surface area contributed by atoms with Crippen LogP contribution in [0.15, 0.2) is 24.7 Å². The Morgan fingerprint density at radius 2 is 2.28 bits per heavy atom. The van der Waals surface area contributed by atoms with Gasteiger partial charge in [0, 0.05) is 13.2 Å². The van der Waals surface area contributed by atoms with Crippen molar-refractivity contribution >= 4 is 34.6 Å². The number of halogens is 1. The van der Waals surface area contributed by atoms with Crippen LogP contribution in [0.1, 0.15) is 14.7 Å². The third-order valence-electron chi connectivity index (χ3n) is 2.27. The van der Waals surface area contributed by atoms with Crippen LogP contribution in [0.25, 0.3) is 0 Å². The lowest BCUT2D eigenvalue weighted by atomic mass is 10.4. The number of hydrogen-bond acceptors (Lipinski definition) is 5. The Kier molecular flexibility index (Phi) is 3.78. The molecule has 1 N–H and O–H groups in total. The van der Waals surface area contributed by atoms with Crippen molar-refractivity contribution in [1.29, 1.82) is 0 Å². The molecule has 0 radical (unpaired) electrons. The zero-order valence-corrected chi connectivity index (χ0v) is 11.1. The van der Waals surface area contributed by atoms with Crippen LogP contribution in [0, 0.1) is 0 Å². The van der Waals surface area contributed by atoms with Gasteiger partial charge in [0.2, 0.25) is 0 Å². The van der Waals surface area contributed by atoms with Crippen molar-refractivity contribution in [3.05, 3.63) is 39.6 Å². The molecule has 0 atom stereocenters. The molecule has 2 rings (SSSR count). The normalized spacial score (nSPS) is 10.3. The Balaban J connectivity index is 2.11. The van der Waals surface area contributed by atoms with E-state index in [9.17, 15) is 4.79 Å². The highest BCUT2D eigenvalue weighted by atomic mass is 35.5. The first-order valence-corrected chi connectivity index (χ1v) is 6.25. The molecule has 0 aliphatic rings. The van der Waals surface area contributed by atoms with Crippen molar-refractivity contribution in [1.82, 2.24) is 9.97 Å². The number of rotatable bonds is 4. The van der Waals surface area contributed by atoms with E-state index in [0.717, 1.165) is 22.0 Å². The molecule has 5 nitrogen and oxygen atoms in total. The van der Waals surface area contributed by atoms with E-state index in [1.165, 1.54) is 6.20 Å². The van der Waals surface area contributed by atoms with E-state index < -0.39 is 5.97 Å². The Hall–Kier alpha value is -1.66. The molecular weight excluding hydrogens is 274 g/mol. The van der Waals surface area contributed by atoms with Gasteiger partial charge in [-0.05, 0) is 6.07 Å². The van der Waals surface area contributed by atoms with Crippen LogP contribution < -0.4 is 4.90 Å². The van der Waals surface area contributed by atoms with E-state index in [-0.39, 0.29) is 4.88 Å². The predicted molar refractivity (Wildman–Crippen MR) is 70.4 cm³/mol. The molecule has 0 saturated carbocycles. The predicted octanol–water partition coefficient (Wildman–Crippen LogP) is 2.53. The maximum Gasteiger partial charge on any atom is 0.347 e. The molecule has 7 heteroatoms. The van der Waals surface area contributed by atoms with Gasteiger partial charge in [-0.15, -0.1) is 11.3 Å². The number of aromatic carboxylic acids is 1. The van der Waals surface area contributed by atoms with E-state index in [2.05, 4.69) is 9.97 Å². The van der Waals surface area contributed by atoms with E-state index in [4.69, 9.17) is 16.7 Å². The summed E-state index contributed by atoms with van der Waals surface area (Å²) in [5.41, 5.74) is 0.856. The standard InChI is InChI=1S/C11H10ClN3O2S/c1-15(8-2-7(12)3-13-4-8)6-10-14-5-9(18-10)11(16)17/h2-5H,6H2,1H3,(H,16,17). The van der Waals surface area contributed by atoms with Crippen LogP contribution in [0.2, 0.25) is 5.02 Å². The number of nitrogens with zero attached hydrogens (tertiary/aromatic N) is 3. The molecule has 0 fully saturated rings. The number of aromatic nitrogens is 2. The van der Waals surface area contributed by atoms with Crippen molar-refractivity contribution in [2.24, 2.45) is 0 Å². The van der Waals surface area contributed by atoms with Crippen molar-refractivity contribution in [2.75, 3.05) is 11.9 Å². The monoisotopic (exact) mass is 283 g/mol. The molecule has 0 unspecified atom stereocenters. The van der Waals surface area contributed by atoms with Crippen LogP contribution >= 0.6 is 22.9 Å². The van der Waals surface area contributed by atoms with E-state index in [1.54, 1.807) is 18.5 Å². The number of carboxylic acid groups (broad SMARTS) is 1. The summed E-state index contributed by atoms with van der Waals surface area (Å²) >= 11 is 7.02. The SMILES string of the molecule is CN(Cc1ncc(C(=O)O)s1)c1cncc(Cl)c1. The number of hydrogen-bond donors (Lipinski definition) is 1. The van der Waals surface area contributed by atoms with Gasteiger partial charge in [0.25, 0.3) is 0 Å². The Morgan fingerprint density at radius 1 is 1.50 bits per heavy atom. The summed E-state index contributed by atoms with van der Waals surface area (Å²) in [6.07, 6.45) is 4.62. The molecule has 94 valence electrons. The highest BCUT2D eigenvalue weighted by molar-refractivity contribution is 7.13. The van der Waals surface area contributed by atoms with E-state index in [1.807, 2.05) is 11.9 Å². The molecule has 0 saturated heterocycles. The molecule has 0 bridgehead atoms. The zero-order valence-electron chi connectivity index (χ0n) is 9.50. The molecule has 2 aromatic rings. The van der Waals surface area contributed by atoms with Crippen molar-refractivity contribution < 1.29 is 9.90 Å². The Morgan fingerprint density at radius 3 is 2.89 bits per heavy atom. The summed E-state index contributed by atoms with van der Waals surface area (Å²) in [6.45, 7) is 0.514. The average Bonchev–Trinajstić information content (AvgIpc) is 2.77. The van der Waals surface area contributed by atoms with Gasteiger partial charge in [0.15, 0.2) is 0 Å². The summed E-state index contributed by atoms with van der Waals surface area (Å²) in [5.74, 6) is -0.953. The van der Waals surface area contributed by atoms with Gasteiger partial charge in [0.1, 0.15) is 9.88 Å². The fourth-order valence-corrected chi connectivity index (χ4v) is 2.36. The lowest BCUT2D eigenvalue weighted by Gasteiger charge is -2.17. The smallest absolute Gasteiger partial charge is 0.347 e. The van der Waals surface area contributed by atoms with Crippen LogP contribution in [0.4, 0.5) is 5.69 Å². The maximum absolute atomic E-state index is 10.7. The van der Waals surface area contributed by atoms with Gasteiger partial charge in [0.05, 0.1) is 29.6 Å². The molecule has 0 amide bonds. The molecule has 0 aliphatic heterocycles. The quantitative estimate of drug-likeness (QED) is 0.934. The van der Waals surface area contributed by atoms with Crippen LogP contribution in [0.5, 0.6) is 0 Å². The van der Waals surface area contributed by atoms with Crippen LogP contribution in [0.3, 0.4) is 0 Å². The molecule has 0 aromatic carbocycles. The van der Waals surface area contributed by atoms with Gasteiger partial charge in [-0.3, -0.25) is 4.98 Å². The lowest BCUT2D eigenvalue weighted by molar-refractivity contribution is 0.0702. The zero-order chi connectivity index (χ0) is 13.1. The largest absolute Gasteiger partial charge is 0.477 e. The second kappa shape index (κ2) is 5.32. The molecule has 0 aliphatic carbocycles. The fraction of sp³-hybridized carbons (Fsp3) is 0.182. The number of carboxylic acids is 1. The van der Waals surface area contributed by atoms with Gasteiger partial charge >= 0.3 is 5.97 Å². The third kappa shape index (κ3) is 2.96. The highest BCUT2D eigenvalue weighted by Crippen LogP contribution is 2.20. The first-order chi connectivity index (χ1) is 8.56. The average molecular weight is 284 g/mol. The fourth-order valence-electron chi connectivity index (χ4n) is 1.39.